The minimum atomic E-state index is -3.58. The summed E-state index contributed by atoms with van der Waals surface area (Å²) >= 11 is 0. The van der Waals surface area contributed by atoms with Crippen LogP contribution in [-0.4, -0.2) is 19.8 Å². The molecule has 6 heteroatoms. The molecule has 14 heavy (non-hydrogen) atoms. The summed E-state index contributed by atoms with van der Waals surface area (Å²) < 4.78 is 22.9. The van der Waals surface area contributed by atoms with Gasteiger partial charge in [-0.2, -0.15) is 0 Å². The van der Waals surface area contributed by atoms with Gasteiger partial charge in [-0.05, 0) is 19.1 Å². The lowest BCUT2D eigenvalue weighted by Gasteiger charge is -2.09. The Bertz CT molecular complexity index is 375. The highest BCUT2D eigenvalue weighted by molar-refractivity contribution is 7.89. The van der Waals surface area contributed by atoms with Gasteiger partial charge >= 0.3 is 0 Å². The largest absolute Gasteiger partial charge is 0.378 e. The highest BCUT2D eigenvalue weighted by Crippen LogP contribution is 2.05. The van der Waals surface area contributed by atoms with E-state index >= 15 is 0 Å². The van der Waals surface area contributed by atoms with E-state index in [0.717, 1.165) is 0 Å². The third kappa shape index (κ3) is 3.08. The zero-order valence-electron chi connectivity index (χ0n) is 7.64. The molecule has 3 N–H and O–H groups in total. The summed E-state index contributed by atoms with van der Waals surface area (Å²) in [7, 11) is -3.58. The molecule has 1 unspecified atom stereocenters. The first-order valence-corrected chi connectivity index (χ1v) is 5.51. The van der Waals surface area contributed by atoms with Gasteiger partial charge in [0.25, 0.3) is 10.0 Å². The molecule has 0 heterocycles. The van der Waals surface area contributed by atoms with E-state index in [9.17, 15) is 8.42 Å². The zero-order chi connectivity index (χ0) is 10.6. The van der Waals surface area contributed by atoms with Crippen molar-refractivity contribution in [2.45, 2.75) is 18.0 Å². The fourth-order valence-electron chi connectivity index (χ4n) is 0.821. The van der Waals surface area contributed by atoms with Gasteiger partial charge in [-0.1, -0.05) is 18.2 Å². The standard InChI is InChI=1S/C8H12N2O3S/c1-7(11)9-10-14(12,13)8-5-3-2-4-6-8/h2-7,9-11H,1H3. The summed E-state index contributed by atoms with van der Waals surface area (Å²) in [6, 6.07) is 7.90. The molecular weight excluding hydrogens is 204 g/mol. The second-order valence-corrected chi connectivity index (χ2v) is 4.42. The summed E-state index contributed by atoms with van der Waals surface area (Å²) in [5.74, 6) is 0. The van der Waals surface area contributed by atoms with Gasteiger partial charge in [0.1, 0.15) is 6.23 Å². The molecule has 78 valence electrons. The smallest absolute Gasteiger partial charge is 0.253 e. The summed E-state index contributed by atoms with van der Waals surface area (Å²) in [6.45, 7) is 1.41. The van der Waals surface area contributed by atoms with E-state index in [2.05, 4.69) is 5.43 Å². The maximum absolute atomic E-state index is 11.5. The molecule has 0 aliphatic carbocycles. The third-order valence-corrected chi connectivity index (χ3v) is 2.74. The first kappa shape index (κ1) is 11.1. The molecule has 5 nitrogen and oxygen atoms in total. The number of rotatable bonds is 4. The van der Waals surface area contributed by atoms with E-state index < -0.39 is 16.3 Å². The van der Waals surface area contributed by atoms with Crippen molar-refractivity contribution in [2.75, 3.05) is 0 Å². The molecule has 0 bridgehead atoms. The summed E-state index contributed by atoms with van der Waals surface area (Å²) in [6.07, 6.45) is -0.937. The normalized spacial score (nSPS) is 13.9. The van der Waals surface area contributed by atoms with Gasteiger partial charge in [0.2, 0.25) is 0 Å². The number of aliphatic hydroxyl groups is 1. The second kappa shape index (κ2) is 4.52. The maximum atomic E-state index is 11.5. The summed E-state index contributed by atoms with van der Waals surface area (Å²) in [5, 5.41) is 8.82. The Hall–Kier alpha value is -0.950. The average molecular weight is 216 g/mol. The van der Waals surface area contributed by atoms with E-state index in [1.165, 1.54) is 19.1 Å². The number of aliphatic hydroxyl groups excluding tert-OH is 1. The van der Waals surface area contributed by atoms with E-state index in [1.807, 2.05) is 4.83 Å². The topological polar surface area (TPSA) is 78.4 Å². The fourth-order valence-corrected chi connectivity index (χ4v) is 1.78. The Morgan fingerprint density at radius 3 is 2.36 bits per heavy atom. The quantitative estimate of drug-likeness (QED) is 0.481. The zero-order valence-corrected chi connectivity index (χ0v) is 8.45. The van der Waals surface area contributed by atoms with Crippen LogP contribution in [0.5, 0.6) is 0 Å². The van der Waals surface area contributed by atoms with Crippen LogP contribution in [0.2, 0.25) is 0 Å². The maximum Gasteiger partial charge on any atom is 0.253 e. The molecule has 0 spiro atoms. The van der Waals surface area contributed by atoms with Crippen molar-refractivity contribution in [3.8, 4) is 0 Å². The van der Waals surface area contributed by atoms with E-state index in [4.69, 9.17) is 5.11 Å². The molecule has 1 rings (SSSR count). The first-order chi connectivity index (χ1) is 6.52. The lowest BCUT2D eigenvalue weighted by molar-refractivity contribution is 0.149. The van der Waals surface area contributed by atoms with Crippen LogP contribution >= 0.6 is 0 Å². The van der Waals surface area contributed by atoms with Crippen molar-refractivity contribution in [1.29, 1.82) is 0 Å². The Labute approximate surface area is 82.8 Å². The SMILES string of the molecule is CC(O)NNS(=O)(=O)c1ccccc1. The highest BCUT2D eigenvalue weighted by atomic mass is 32.2. The van der Waals surface area contributed by atoms with Gasteiger partial charge in [-0.3, -0.25) is 0 Å². The average Bonchev–Trinajstić information content (AvgIpc) is 2.16. The number of hydrogen-bond acceptors (Lipinski definition) is 4. The minimum absolute atomic E-state index is 0.146. The molecule has 0 aliphatic heterocycles. The Kier molecular flexibility index (Phi) is 3.59. The number of hydrogen-bond donors (Lipinski definition) is 3. The van der Waals surface area contributed by atoms with E-state index in [-0.39, 0.29) is 4.90 Å². The molecule has 0 amide bonds. The molecule has 1 aromatic carbocycles. The molecule has 0 radical (unpaired) electrons. The van der Waals surface area contributed by atoms with Crippen LogP contribution in [0, 0.1) is 0 Å². The molecule has 0 aromatic heterocycles. The molecule has 1 atom stereocenters. The van der Waals surface area contributed by atoms with Crippen LogP contribution in [0.4, 0.5) is 0 Å². The van der Waals surface area contributed by atoms with Crippen LogP contribution in [0.1, 0.15) is 6.92 Å². The Morgan fingerprint density at radius 1 is 1.29 bits per heavy atom. The molecular formula is C8H12N2O3S. The molecule has 0 saturated carbocycles. The Morgan fingerprint density at radius 2 is 1.86 bits per heavy atom. The van der Waals surface area contributed by atoms with Crippen LogP contribution in [0.25, 0.3) is 0 Å². The predicted octanol–water partition coefficient (Wildman–Crippen LogP) is -0.192. The minimum Gasteiger partial charge on any atom is -0.378 e. The molecule has 1 aromatic rings. The van der Waals surface area contributed by atoms with Gasteiger partial charge in [0, 0.05) is 0 Å². The first-order valence-electron chi connectivity index (χ1n) is 4.03. The van der Waals surface area contributed by atoms with Crippen molar-refractivity contribution in [3.63, 3.8) is 0 Å². The fraction of sp³-hybridized carbons (Fsp3) is 0.250. The lowest BCUT2D eigenvalue weighted by Crippen LogP contribution is -2.42. The van der Waals surface area contributed by atoms with Crippen molar-refractivity contribution < 1.29 is 13.5 Å². The Balaban J connectivity index is 2.77. The monoisotopic (exact) mass is 216 g/mol. The number of sulfonamides is 1. The van der Waals surface area contributed by atoms with Gasteiger partial charge in [0.05, 0.1) is 4.90 Å². The molecule has 0 saturated heterocycles. The number of hydrazine groups is 1. The molecule has 0 fully saturated rings. The number of nitrogens with one attached hydrogen (secondary N) is 2. The lowest BCUT2D eigenvalue weighted by atomic mass is 10.4. The van der Waals surface area contributed by atoms with Gasteiger partial charge in [0.15, 0.2) is 0 Å². The van der Waals surface area contributed by atoms with Crippen LogP contribution < -0.4 is 10.3 Å². The van der Waals surface area contributed by atoms with Crippen LogP contribution in [-0.2, 0) is 10.0 Å². The van der Waals surface area contributed by atoms with Gasteiger partial charge in [-0.15, -0.1) is 4.83 Å². The summed E-state index contributed by atoms with van der Waals surface area (Å²) in [5.41, 5.74) is 2.20. The highest BCUT2D eigenvalue weighted by Gasteiger charge is 2.12. The summed E-state index contributed by atoms with van der Waals surface area (Å²) in [4.78, 5) is 2.19. The second-order valence-electron chi connectivity index (χ2n) is 2.74. The van der Waals surface area contributed by atoms with Gasteiger partial charge in [-0.25, -0.2) is 13.8 Å². The number of benzene rings is 1. The van der Waals surface area contributed by atoms with E-state index in [1.54, 1.807) is 18.2 Å². The van der Waals surface area contributed by atoms with Gasteiger partial charge < -0.3 is 5.11 Å². The molecule has 0 aliphatic rings. The van der Waals surface area contributed by atoms with E-state index in [0.29, 0.717) is 0 Å². The third-order valence-electron chi connectivity index (χ3n) is 1.46. The van der Waals surface area contributed by atoms with Crippen molar-refractivity contribution >= 4 is 10.0 Å². The van der Waals surface area contributed by atoms with Crippen LogP contribution in [0.15, 0.2) is 35.2 Å². The van der Waals surface area contributed by atoms with Crippen molar-refractivity contribution in [2.24, 2.45) is 0 Å². The van der Waals surface area contributed by atoms with Crippen molar-refractivity contribution in [3.05, 3.63) is 30.3 Å². The van der Waals surface area contributed by atoms with Crippen molar-refractivity contribution in [1.82, 2.24) is 10.3 Å². The van der Waals surface area contributed by atoms with Crippen LogP contribution in [0.3, 0.4) is 0 Å². The predicted molar refractivity (Wildman–Crippen MR) is 51.6 cm³/mol.